The largest absolute Gasteiger partial charge is 0.426 e. The van der Waals surface area contributed by atoms with Gasteiger partial charge in [0, 0.05) is 5.56 Å². The van der Waals surface area contributed by atoms with Crippen LogP contribution in [-0.2, 0) is 6.61 Å². The Labute approximate surface area is 185 Å². The number of aliphatic hydroxyl groups excluding tert-OH is 2. The van der Waals surface area contributed by atoms with Crippen LogP contribution in [0.2, 0.25) is 5.02 Å². The standard InChI is InChI=1S/C22H17ClF3N3O3/c1-11-2-7-15(8-14(11)10-30)32-21-27-17-9-16(23)18(28-20(17)29-21)12-3-5-13(6-4-12)19(31)22(24,25)26/h2-9,19,30-31H,10H2,1H3,(H,27,28,29). The molecule has 2 aromatic heterocycles. The maximum atomic E-state index is 12.7. The van der Waals surface area contributed by atoms with Gasteiger partial charge >= 0.3 is 12.2 Å². The van der Waals surface area contributed by atoms with Crippen molar-refractivity contribution in [2.45, 2.75) is 25.8 Å². The second kappa shape index (κ2) is 8.42. The highest BCUT2D eigenvalue weighted by Gasteiger charge is 2.39. The molecule has 0 saturated heterocycles. The average Bonchev–Trinajstić information content (AvgIpc) is 3.14. The van der Waals surface area contributed by atoms with Crippen molar-refractivity contribution < 1.29 is 28.1 Å². The number of fused-ring (bicyclic) bond motifs is 1. The zero-order chi connectivity index (χ0) is 23.0. The molecule has 166 valence electrons. The van der Waals surface area contributed by atoms with Crippen LogP contribution < -0.4 is 4.74 Å². The van der Waals surface area contributed by atoms with Gasteiger partial charge in [0.1, 0.15) is 5.75 Å². The molecule has 4 aromatic rings. The van der Waals surface area contributed by atoms with Crippen molar-refractivity contribution in [2.24, 2.45) is 0 Å². The lowest BCUT2D eigenvalue weighted by Gasteiger charge is -2.15. The lowest BCUT2D eigenvalue weighted by Crippen LogP contribution is -2.19. The van der Waals surface area contributed by atoms with Crippen LogP contribution in [0.1, 0.15) is 22.8 Å². The summed E-state index contributed by atoms with van der Waals surface area (Å²) in [4.78, 5) is 11.6. The van der Waals surface area contributed by atoms with E-state index in [4.69, 9.17) is 16.3 Å². The lowest BCUT2D eigenvalue weighted by molar-refractivity contribution is -0.206. The number of hydrogen-bond donors (Lipinski definition) is 3. The summed E-state index contributed by atoms with van der Waals surface area (Å²) in [5.74, 6) is 0.476. The molecule has 0 radical (unpaired) electrons. The van der Waals surface area contributed by atoms with Gasteiger partial charge in [0.05, 0.1) is 22.8 Å². The lowest BCUT2D eigenvalue weighted by atomic mass is 10.0. The number of aromatic amines is 1. The van der Waals surface area contributed by atoms with E-state index in [1.165, 1.54) is 24.3 Å². The molecule has 4 rings (SSSR count). The van der Waals surface area contributed by atoms with Gasteiger partial charge in [0.15, 0.2) is 11.8 Å². The maximum Gasteiger partial charge on any atom is 0.418 e. The summed E-state index contributed by atoms with van der Waals surface area (Å²) in [6, 6.07) is 12.2. The van der Waals surface area contributed by atoms with E-state index < -0.39 is 12.3 Å². The van der Waals surface area contributed by atoms with Crippen LogP contribution >= 0.6 is 11.6 Å². The Morgan fingerprint density at radius 3 is 2.47 bits per heavy atom. The zero-order valence-corrected chi connectivity index (χ0v) is 17.4. The van der Waals surface area contributed by atoms with Crippen LogP contribution in [0.4, 0.5) is 13.2 Å². The number of rotatable bonds is 5. The van der Waals surface area contributed by atoms with Crippen molar-refractivity contribution in [3.63, 3.8) is 0 Å². The smallest absolute Gasteiger partial charge is 0.418 e. The predicted molar refractivity (Wildman–Crippen MR) is 113 cm³/mol. The summed E-state index contributed by atoms with van der Waals surface area (Å²) in [6.45, 7) is 1.75. The first-order valence-electron chi connectivity index (χ1n) is 9.45. The Bertz CT molecular complexity index is 1270. The second-order valence-electron chi connectivity index (χ2n) is 7.15. The fourth-order valence-corrected chi connectivity index (χ4v) is 3.41. The molecule has 0 saturated carbocycles. The molecule has 0 aliphatic heterocycles. The van der Waals surface area contributed by atoms with Gasteiger partial charge in [-0.2, -0.15) is 18.2 Å². The molecule has 0 spiro atoms. The number of nitrogens with zero attached hydrogens (tertiary/aromatic N) is 2. The summed E-state index contributed by atoms with van der Waals surface area (Å²) in [5.41, 5.74) is 2.96. The van der Waals surface area contributed by atoms with Crippen LogP contribution in [0, 0.1) is 6.92 Å². The molecule has 1 unspecified atom stereocenters. The Kier molecular flexibility index (Phi) is 5.81. The first-order chi connectivity index (χ1) is 15.2. The maximum absolute atomic E-state index is 12.7. The van der Waals surface area contributed by atoms with Crippen molar-refractivity contribution in [1.29, 1.82) is 0 Å². The number of pyridine rings is 1. The van der Waals surface area contributed by atoms with Gasteiger partial charge in [-0.05, 0) is 41.8 Å². The van der Waals surface area contributed by atoms with Gasteiger partial charge in [-0.15, -0.1) is 0 Å². The highest BCUT2D eigenvalue weighted by molar-refractivity contribution is 6.33. The van der Waals surface area contributed by atoms with E-state index in [0.717, 1.165) is 11.1 Å². The third-order valence-electron chi connectivity index (χ3n) is 4.92. The summed E-state index contributed by atoms with van der Waals surface area (Å²) < 4.78 is 43.8. The van der Waals surface area contributed by atoms with Crippen LogP contribution in [0.25, 0.3) is 22.4 Å². The van der Waals surface area contributed by atoms with Gasteiger partial charge in [0.25, 0.3) is 0 Å². The van der Waals surface area contributed by atoms with E-state index in [-0.39, 0.29) is 23.2 Å². The van der Waals surface area contributed by atoms with Gasteiger partial charge in [-0.1, -0.05) is 41.9 Å². The van der Waals surface area contributed by atoms with Gasteiger partial charge in [-0.25, -0.2) is 4.98 Å². The molecular formula is C22H17ClF3N3O3. The average molecular weight is 464 g/mol. The van der Waals surface area contributed by atoms with Crippen molar-refractivity contribution in [3.8, 4) is 23.0 Å². The Balaban J connectivity index is 1.63. The molecule has 1 atom stereocenters. The molecule has 0 aliphatic rings. The number of imidazole rings is 1. The number of benzene rings is 2. The number of aromatic nitrogens is 3. The van der Waals surface area contributed by atoms with Gasteiger partial charge < -0.3 is 19.9 Å². The minimum atomic E-state index is -4.75. The quantitative estimate of drug-likeness (QED) is 0.365. The summed E-state index contributed by atoms with van der Waals surface area (Å²) >= 11 is 6.33. The van der Waals surface area contributed by atoms with E-state index >= 15 is 0 Å². The first kappa shape index (κ1) is 22.1. The van der Waals surface area contributed by atoms with E-state index in [9.17, 15) is 23.4 Å². The zero-order valence-electron chi connectivity index (χ0n) is 16.6. The number of halogens is 4. The number of nitrogens with one attached hydrogen (secondary N) is 1. The number of aliphatic hydroxyl groups is 2. The summed E-state index contributed by atoms with van der Waals surface area (Å²) in [6.07, 6.45) is -7.32. The topological polar surface area (TPSA) is 91.3 Å². The first-order valence-corrected chi connectivity index (χ1v) is 9.83. The molecule has 0 fully saturated rings. The fraction of sp³-hybridized carbons (Fsp3) is 0.182. The summed E-state index contributed by atoms with van der Waals surface area (Å²) in [7, 11) is 0. The molecule has 0 bridgehead atoms. The van der Waals surface area contributed by atoms with E-state index in [2.05, 4.69) is 15.0 Å². The number of alkyl halides is 3. The number of aryl methyl sites for hydroxylation is 1. The molecule has 32 heavy (non-hydrogen) atoms. The van der Waals surface area contributed by atoms with Crippen molar-refractivity contribution in [2.75, 3.05) is 0 Å². The van der Waals surface area contributed by atoms with E-state index in [0.29, 0.717) is 28.2 Å². The molecule has 6 nitrogen and oxygen atoms in total. The van der Waals surface area contributed by atoms with Crippen molar-refractivity contribution >= 4 is 22.8 Å². The molecule has 3 N–H and O–H groups in total. The van der Waals surface area contributed by atoms with Gasteiger partial charge in [-0.3, -0.25) is 0 Å². The minimum absolute atomic E-state index is 0.123. The molecule has 2 aromatic carbocycles. The highest BCUT2D eigenvalue weighted by Crippen LogP contribution is 2.35. The molecular weight excluding hydrogens is 447 g/mol. The monoisotopic (exact) mass is 463 g/mol. The predicted octanol–water partition coefficient (Wildman–Crippen LogP) is 5.47. The number of hydrogen-bond acceptors (Lipinski definition) is 5. The molecule has 0 aliphatic carbocycles. The van der Waals surface area contributed by atoms with Crippen molar-refractivity contribution in [1.82, 2.24) is 15.0 Å². The normalized spacial score (nSPS) is 12.8. The Morgan fingerprint density at radius 2 is 1.81 bits per heavy atom. The highest BCUT2D eigenvalue weighted by atomic mass is 35.5. The third-order valence-corrected chi connectivity index (χ3v) is 5.21. The number of ether oxygens (including phenoxy) is 1. The fourth-order valence-electron chi connectivity index (χ4n) is 3.15. The Morgan fingerprint density at radius 1 is 1.09 bits per heavy atom. The van der Waals surface area contributed by atoms with Crippen LogP contribution in [0.15, 0.2) is 48.5 Å². The molecule has 0 amide bonds. The van der Waals surface area contributed by atoms with Crippen LogP contribution in [-0.4, -0.2) is 31.3 Å². The Hall–Kier alpha value is -3.14. The number of H-pyrrole nitrogens is 1. The second-order valence-corrected chi connectivity index (χ2v) is 7.55. The third kappa shape index (κ3) is 4.40. The van der Waals surface area contributed by atoms with E-state index in [1.54, 1.807) is 18.2 Å². The van der Waals surface area contributed by atoms with Crippen molar-refractivity contribution in [3.05, 3.63) is 70.2 Å². The molecule has 10 heteroatoms. The van der Waals surface area contributed by atoms with Crippen LogP contribution in [0.3, 0.4) is 0 Å². The van der Waals surface area contributed by atoms with Gasteiger partial charge in [0.2, 0.25) is 0 Å². The summed E-state index contributed by atoms with van der Waals surface area (Å²) in [5, 5.41) is 19.0. The minimum Gasteiger partial charge on any atom is -0.426 e. The van der Waals surface area contributed by atoms with E-state index in [1.807, 2.05) is 13.0 Å². The van der Waals surface area contributed by atoms with Crippen LogP contribution in [0.5, 0.6) is 11.8 Å². The molecule has 2 heterocycles. The SMILES string of the molecule is Cc1ccc(Oc2nc3nc(-c4ccc(C(O)C(F)(F)F)cc4)c(Cl)cc3[nH]2)cc1CO.